The van der Waals surface area contributed by atoms with Crippen LogP contribution in [0.1, 0.15) is 24.3 Å². The van der Waals surface area contributed by atoms with Crippen LogP contribution in [0.5, 0.6) is 0 Å². The van der Waals surface area contributed by atoms with E-state index in [9.17, 15) is 31.9 Å². The molecule has 1 aromatic carbocycles. The predicted octanol–water partition coefficient (Wildman–Crippen LogP) is 3.80. The summed E-state index contributed by atoms with van der Waals surface area (Å²) in [5.74, 6) is -2.62. The lowest BCUT2D eigenvalue weighted by molar-refractivity contribution is -0.158. The minimum Gasteiger partial charge on any atom is -0.455 e. The monoisotopic (exact) mass is 471 g/mol. The molecule has 1 fully saturated rings. The molecule has 1 saturated heterocycles. The number of amides is 2. The van der Waals surface area contributed by atoms with Crippen LogP contribution in [0.4, 0.5) is 38.4 Å². The Labute approximate surface area is 183 Å². The number of aromatic nitrogens is 2. The maximum absolute atomic E-state index is 14.0. The lowest BCUT2D eigenvalue weighted by Gasteiger charge is -2.43. The van der Waals surface area contributed by atoms with Crippen LogP contribution in [0.3, 0.4) is 0 Å². The van der Waals surface area contributed by atoms with E-state index in [1.807, 2.05) is 0 Å². The van der Waals surface area contributed by atoms with E-state index in [1.54, 1.807) is 17.1 Å². The van der Waals surface area contributed by atoms with Gasteiger partial charge in [0.2, 0.25) is 5.95 Å². The fourth-order valence-electron chi connectivity index (χ4n) is 3.52. The summed E-state index contributed by atoms with van der Waals surface area (Å²) in [6.45, 7) is 3.32. The van der Waals surface area contributed by atoms with Gasteiger partial charge in [0.15, 0.2) is 17.4 Å². The van der Waals surface area contributed by atoms with Crippen molar-refractivity contribution in [2.45, 2.75) is 38.2 Å². The number of halogens is 5. The van der Waals surface area contributed by atoms with E-state index in [-0.39, 0.29) is 22.7 Å². The Morgan fingerprint density at radius 3 is 2.52 bits per heavy atom. The van der Waals surface area contributed by atoms with Gasteiger partial charge in [0, 0.05) is 23.6 Å². The number of aryl methyl sites for hydroxylation is 1. The first-order valence-electron chi connectivity index (χ1n) is 9.74. The van der Waals surface area contributed by atoms with Crippen LogP contribution < -0.4 is 15.5 Å². The van der Waals surface area contributed by atoms with Crippen LogP contribution in [-0.2, 0) is 0 Å². The number of urea groups is 1. The highest BCUT2D eigenvalue weighted by Crippen LogP contribution is 2.39. The molecule has 3 N–H and O–H groups in total. The van der Waals surface area contributed by atoms with Crippen molar-refractivity contribution in [2.75, 3.05) is 16.8 Å². The normalized spacial score (nSPS) is 19.3. The van der Waals surface area contributed by atoms with E-state index in [0.29, 0.717) is 18.6 Å². The van der Waals surface area contributed by atoms with E-state index < -0.39 is 47.3 Å². The summed E-state index contributed by atoms with van der Waals surface area (Å²) in [5, 5.41) is 13.3. The maximum Gasteiger partial charge on any atom is 0.416 e. The Morgan fingerprint density at radius 2 is 1.94 bits per heavy atom. The minimum atomic E-state index is -5.00. The number of hydrogen-bond acceptors (Lipinski definition) is 6. The second-order valence-electron chi connectivity index (χ2n) is 7.66. The van der Waals surface area contributed by atoms with Crippen LogP contribution in [0.15, 0.2) is 28.9 Å². The van der Waals surface area contributed by atoms with Crippen LogP contribution in [0, 0.1) is 18.6 Å². The van der Waals surface area contributed by atoms with Gasteiger partial charge in [-0.1, -0.05) is 0 Å². The fourth-order valence-corrected chi connectivity index (χ4v) is 3.52. The number of alkyl halides is 3. The van der Waals surface area contributed by atoms with Crippen molar-refractivity contribution in [3.8, 4) is 0 Å². The lowest BCUT2D eigenvalue weighted by Crippen LogP contribution is -2.59. The topological polar surface area (TPSA) is 104 Å². The Hall–Kier alpha value is -3.48. The third-order valence-corrected chi connectivity index (χ3v) is 5.44. The standard InChI is InChI=1S/C20H18F5N5O3/c1-8-12-3-10(21)4-13(22)16(12)33-15(8)17(20(23,24)25)29-19(32)28-11-5-26-18(27-6-11)30-7-14(31)9(30)2/h3-6,9,14,17,31H,7H2,1-2H3,(H2,28,29,32)/t9-,14+,17?/m0/s1. The van der Waals surface area contributed by atoms with Gasteiger partial charge in [-0.15, -0.1) is 0 Å². The molecule has 2 amide bonds. The summed E-state index contributed by atoms with van der Waals surface area (Å²) in [4.78, 5) is 22.0. The van der Waals surface area contributed by atoms with E-state index in [1.165, 1.54) is 19.3 Å². The third-order valence-electron chi connectivity index (χ3n) is 5.44. The summed E-state index contributed by atoms with van der Waals surface area (Å²) in [7, 11) is 0. The molecule has 3 heterocycles. The number of aliphatic hydroxyl groups is 1. The van der Waals surface area contributed by atoms with Crippen LogP contribution in [-0.4, -0.2) is 46.0 Å². The molecule has 3 atom stereocenters. The Bertz CT molecular complexity index is 1200. The molecule has 0 bridgehead atoms. The molecular weight excluding hydrogens is 453 g/mol. The fraction of sp³-hybridized carbons (Fsp3) is 0.350. The number of carbonyl (C=O) groups is 1. The smallest absolute Gasteiger partial charge is 0.416 e. The first-order valence-corrected chi connectivity index (χ1v) is 9.74. The SMILES string of the molecule is Cc1c(C(NC(=O)Nc2cnc(N3C[C@@H](O)[C@@H]3C)nc2)C(F)(F)F)oc2c(F)cc(F)cc12. The highest BCUT2D eigenvalue weighted by molar-refractivity contribution is 5.89. The van der Waals surface area contributed by atoms with E-state index in [2.05, 4.69) is 15.3 Å². The zero-order valence-electron chi connectivity index (χ0n) is 17.2. The lowest BCUT2D eigenvalue weighted by atomic mass is 10.0. The van der Waals surface area contributed by atoms with Gasteiger partial charge in [-0.05, 0) is 19.9 Å². The second-order valence-corrected chi connectivity index (χ2v) is 7.66. The summed E-state index contributed by atoms with van der Waals surface area (Å²) < 4.78 is 73.7. The number of anilines is 2. The van der Waals surface area contributed by atoms with E-state index in [4.69, 9.17) is 4.42 Å². The number of nitrogens with one attached hydrogen (secondary N) is 2. The molecule has 1 aliphatic rings. The van der Waals surface area contributed by atoms with Crippen molar-refractivity contribution >= 4 is 28.6 Å². The molecule has 1 aliphatic heterocycles. The van der Waals surface area contributed by atoms with Crippen molar-refractivity contribution < 1.29 is 36.3 Å². The summed E-state index contributed by atoms with van der Waals surface area (Å²) >= 11 is 0. The Balaban J connectivity index is 1.53. The predicted molar refractivity (Wildman–Crippen MR) is 107 cm³/mol. The highest BCUT2D eigenvalue weighted by atomic mass is 19.4. The largest absolute Gasteiger partial charge is 0.455 e. The molecule has 3 aromatic rings. The Morgan fingerprint density at radius 1 is 1.27 bits per heavy atom. The van der Waals surface area contributed by atoms with Gasteiger partial charge in [0.05, 0.1) is 30.2 Å². The number of carbonyl (C=O) groups excluding carboxylic acids is 1. The molecule has 13 heteroatoms. The summed E-state index contributed by atoms with van der Waals surface area (Å²) in [6.07, 6.45) is -3.11. The minimum absolute atomic E-state index is 0.0142. The van der Waals surface area contributed by atoms with Crippen molar-refractivity contribution in [3.63, 3.8) is 0 Å². The second kappa shape index (κ2) is 8.14. The molecule has 2 aromatic heterocycles. The number of aliphatic hydroxyl groups excluding tert-OH is 1. The number of rotatable bonds is 4. The molecule has 0 spiro atoms. The number of fused-ring (bicyclic) bond motifs is 1. The number of nitrogens with zero attached hydrogens (tertiary/aromatic N) is 3. The average molecular weight is 471 g/mol. The van der Waals surface area contributed by atoms with Crippen LogP contribution >= 0.6 is 0 Å². The molecule has 33 heavy (non-hydrogen) atoms. The molecule has 176 valence electrons. The van der Waals surface area contributed by atoms with Gasteiger partial charge in [-0.2, -0.15) is 13.2 Å². The zero-order valence-corrected chi connectivity index (χ0v) is 17.2. The Kier molecular flexibility index (Phi) is 5.60. The summed E-state index contributed by atoms with van der Waals surface area (Å²) in [6, 6.07) is -2.72. The van der Waals surface area contributed by atoms with Gasteiger partial charge >= 0.3 is 12.2 Å². The van der Waals surface area contributed by atoms with Crippen LogP contribution in [0.2, 0.25) is 0 Å². The third kappa shape index (κ3) is 4.27. The molecule has 0 radical (unpaired) electrons. The quantitative estimate of drug-likeness (QED) is 0.500. The number of furan rings is 1. The van der Waals surface area contributed by atoms with Gasteiger partial charge in [-0.3, -0.25) is 0 Å². The van der Waals surface area contributed by atoms with Crippen LogP contribution in [0.25, 0.3) is 11.0 Å². The van der Waals surface area contributed by atoms with Gasteiger partial charge in [0.25, 0.3) is 0 Å². The maximum atomic E-state index is 14.0. The molecule has 4 rings (SSSR count). The molecule has 1 unspecified atom stereocenters. The first kappa shape index (κ1) is 22.7. The van der Waals surface area contributed by atoms with E-state index in [0.717, 1.165) is 6.07 Å². The first-order chi connectivity index (χ1) is 15.5. The average Bonchev–Trinajstić information content (AvgIpc) is 3.06. The highest BCUT2D eigenvalue weighted by Gasteiger charge is 2.45. The number of β-amino-alcohol motifs (C(OH)–C–C–N with tert-alkyl or cyclic N) is 1. The molecule has 0 saturated carbocycles. The number of hydrogen-bond donors (Lipinski definition) is 3. The van der Waals surface area contributed by atoms with Crippen molar-refractivity contribution in [2.24, 2.45) is 0 Å². The van der Waals surface area contributed by atoms with E-state index >= 15 is 0 Å². The molecule has 8 nitrogen and oxygen atoms in total. The molecular formula is C20H18F5N5O3. The van der Waals surface area contributed by atoms with Crippen molar-refractivity contribution in [1.82, 2.24) is 15.3 Å². The summed E-state index contributed by atoms with van der Waals surface area (Å²) in [5.41, 5.74) is -0.695. The van der Waals surface area contributed by atoms with Crippen molar-refractivity contribution in [3.05, 3.63) is 47.5 Å². The van der Waals surface area contributed by atoms with Crippen molar-refractivity contribution in [1.29, 1.82) is 0 Å². The zero-order chi connectivity index (χ0) is 24.1. The van der Waals surface area contributed by atoms with Gasteiger partial charge < -0.3 is 25.1 Å². The van der Waals surface area contributed by atoms with Gasteiger partial charge in [0.1, 0.15) is 11.6 Å². The molecule has 0 aliphatic carbocycles. The van der Waals surface area contributed by atoms with Gasteiger partial charge in [-0.25, -0.2) is 23.5 Å². The number of benzene rings is 1.